The molecule has 0 unspecified atom stereocenters. The molecule has 0 fully saturated rings. The van der Waals surface area contributed by atoms with Gasteiger partial charge >= 0.3 is 0 Å². The molecular formula is C21H23ClN4O3S. The molecule has 0 spiro atoms. The topological polar surface area (TPSA) is 78.3 Å². The highest BCUT2D eigenvalue weighted by molar-refractivity contribution is 7.99. The number of ether oxygens (including phenoxy) is 2. The van der Waals surface area contributed by atoms with Crippen LogP contribution in [0.2, 0.25) is 5.02 Å². The molecule has 1 N–H and O–H groups in total. The number of nitrogens with zero attached hydrogens (tertiary/aromatic N) is 3. The first-order valence-corrected chi connectivity index (χ1v) is 10.8. The van der Waals surface area contributed by atoms with Crippen LogP contribution in [0.15, 0.2) is 53.7 Å². The van der Waals surface area contributed by atoms with Crippen molar-refractivity contribution in [2.45, 2.75) is 31.8 Å². The molecule has 1 heterocycles. The lowest BCUT2D eigenvalue weighted by Crippen LogP contribution is -2.24. The highest BCUT2D eigenvalue weighted by atomic mass is 35.5. The fraction of sp³-hybridized carbons (Fsp3) is 0.286. The summed E-state index contributed by atoms with van der Waals surface area (Å²) in [5, 5.41) is 12.7. The summed E-state index contributed by atoms with van der Waals surface area (Å²) >= 11 is 7.22. The Morgan fingerprint density at radius 1 is 1.10 bits per heavy atom. The summed E-state index contributed by atoms with van der Waals surface area (Å²) in [5.41, 5.74) is 0.993. The second kappa shape index (κ2) is 10.9. The van der Waals surface area contributed by atoms with Crippen molar-refractivity contribution in [3.05, 3.63) is 64.9 Å². The van der Waals surface area contributed by atoms with Crippen LogP contribution in [0.5, 0.6) is 11.5 Å². The van der Waals surface area contributed by atoms with E-state index in [1.807, 2.05) is 47.9 Å². The van der Waals surface area contributed by atoms with E-state index in [1.165, 1.54) is 11.8 Å². The van der Waals surface area contributed by atoms with Crippen LogP contribution in [-0.2, 0) is 24.5 Å². The van der Waals surface area contributed by atoms with Crippen LogP contribution in [0.1, 0.15) is 18.3 Å². The van der Waals surface area contributed by atoms with Gasteiger partial charge in [0.1, 0.15) is 18.1 Å². The van der Waals surface area contributed by atoms with Gasteiger partial charge in [0.05, 0.1) is 12.9 Å². The molecule has 0 aliphatic carbocycles. The maximum Gasteiger partial charge on any atom is 0.230 e. The first-order chi connectivity index (χ1) is 14.6. The fourth-order valence-electron chi connectivity index (χ4n) is 2.65. The van der Waals surface area contributed by atoms with Crippen LogP contribution in [0.25, 0.3) is 0 Å². The molecule has 0 saturated heterocycles. The number of hydrogen-bond donors (Lipinski definition) is 1. The van der Waals surface area contributed by atoms with E-state index < -0.39 is 0 Å². The molecule has 7 nitrogen and oxygen atoms in total. The van der Waals surface area contributed by atoms with Crippen LogP contribution < -0.4 is 14.8 Å². The molecule has 3 rings (SSSR count). The van der Waals surface area contributed by atoms with Gasteiger partial charge in [-0.3, -0.25) is 4.79 Å². The van der Waals surface area contributed by atoms with Gasteiger partial charge in [-0.1, -0.05) is 35.5 Å². The lowest BCUT2D eigenvalue weighted by molar-refractivity contribution is -0.118. The van der Waals surface area contributed by atoms with E-state index in [0.717, 1.165) is 17.1 Å². The van der Waals surface area contributed by atoms with Crippen molar-refractivity contribution < 1.29 is 14.3 Å². The molecule has 30 heavy (non-hydrogen) atoms. The molecule has 0 saturated carbocycles. The van der Waals surface area contributed by atoms with E-state index >= 15 is 0 Å². The van der Waals surface area contributed by atoms with Crippen molar-refractivity contribution in [3.63, 3.8) is 0 Å². The number of benzene rings is 2. The van der Waals surface area contributed by atoms with Gasteiger partial charge in [-0.05, 0) is 48.9 Å². The van der Waals surface area contributed by atoms with Gasteiger partial charge in [0.2, 0.25) is 5.91 Å². The smallest absolute Gasteiger partial charge is 0.230 e. The second-order valence-electron chi connectivity index (χ2n) is 6.30. The number of methoxy groups -OCH3 is 1. The minimum atomic E-state index is -0.0726. The minimum absolute atomic E-state index is 0.0726. The molecule has 0 aliphatic rings. The zero-order chi connectivity index (χ0) is 21.3. The largest absolute Gasteiger partial charge is 0.497 e. The molecule has 3 aromatic rings. The molecule has 1 amide bonds. The Bertz CT molecular complexity index is 961. The quantitative estimate of drug-likeness (QED) is 0.475. The third-order valence-corrected chi connectivity index (χ3v) is 5.49. The third-order valence-electron chi connectivity index (χ3n) is 4.27. The number of amides is 1. The van der Waals surface area contributed by atoms with E-state index in [2.05, 4.69) is 15.5 Å². The first-order valence-electron chi connectivity index (χ1n) is 9.42. The van der Waals surface area contributed by atoms with Crippen LogP contribution in [0.3, 0.4) is 0 Å². The van der Waals surface area contributed by atoms with Gasteiger partial charge in [0.25, 0.3) is 0 Å². The Kier molecular flexibility index (Phi) is 7.98. The fourth-order valence-corrected chi connectivity index (χ4v) is 3.63. The van der Waals surface area contributed by atoms with Gasteiger partial charge < -0.3 is 19.4 Å². The van der Waals surface area contributed by atoms with Gasteiger partial charge in [-0.15, -0.1) is 10.2 Å². The summed E-state index contributed by atoms with van der Waals surface area (Å²) in [7, 11) is 1.62. The van der Waals surface area contributed by atoms with E-state index in [4.69, 9.17) is 21.1 Å². The predicted molar refractivity (Wildman–Crippen MR) is 117 cm³/mol. The van der Waals surface area contributed by atoms with Crippen LogP contribution in [-0.4, -0.2) is 33.5 Å². The Hall–Kier alpha value is -2.71. The number of halogens is 1. The highest BCUT2D eigenvalue weighted by Gasteiger charge is 2.14. The zero-order valence-electron chi connectivity index (χ0n) is 16.8. The molecular weight excluding hydrogens is 424 g/mol. The van der Waals surface area contributed by atoms with Gasteiger partial charge in [0.15, 0.2) is 11.0 Å². The molecule has 2 aromatic carbocycles. The maximum absolute atomic E-state index is 12.2. The van der Waals surface area contributed by atoms with Crippen molar-refractivity contribution in [1.82, 2.24) is 20.1 Å². The Morgan fingerprint density at radius 3 is 2.47 bits per heavy atom. The number of carbonyl (C=O) groups is 1. The maximum atomic E-state index is 12.2. The minimum Gasteiger partial charge on any atom is -0.497 e. The normalized spacial score (nSPS) is 10.6. The van der Waals surface area contributed by atoms with Crippen LogP contribution in [0, 0.1) is 0 Å². The Balaban J connectivity index is 1.50. The monoisotopic (exact) mass is 446 g/mol. The average molecular weight is 447 g/mol. The highest BCUT2D eigenvalue weighted by Crippen LogP contribution is 2.20. The van der Waals surface area contributed by atoms with E-state index in [1.54, 1.807) is 19.2 Å². The van der Waals surface area contributed by atoms with Crippen LogP contribution in [0.4, 0.5) is 0 Å². The standard InChI is InChI=1S/C21H23ClN4O3S/c1-3-26-19(13-29-18-10-8-17(28-2)9-11-18)24-25-21(26)30-14-20(27)23-12-15-4-6-16(22)7-5-15/h4-11H,3,12-14H2,1-2H3,(H,23,27). The predicted octanol–water partition coefficient (Wildman–Crippen LogP) is 3.95. The molecule has 158 valence electrons. The van der Waals surface area contributed by atoms with Crippen molar-refractivity contribution >= 4 is 29.3 Å². The lowest BCUT2D eigenvalue weighted by Gasteiger charge is -2.09. The van der Waals surface area contributed by atoms with Gasteiger partial charge in [0, 0.05) is 18.1 Å². The van der Waals surface area contributed by atoms with Gasteiger partial charge in [-0.25, -0.2) is 0 Å². The summed E-state index contributed by atoms with van der Waals surface area (Å²) < 4.78 is 12.9. The van der Waals surface area contributed by atoms with E-state index in [0.29, 0.717) is 29.1 Å². The number of aromatic nitrogens is 3. The average Bonchev–Trinajstić information content (AvgIpc) is 3.18. The summed E-state index contributed by atoms with van der Waals surface area (Å²) in [5.74, 6) is 2.38. The summed E-state index contributed by atoms with van der Waals surface area (Å²) in [6, 6.07) is 14.7. The molecule has 9 heteroatoms. The summed E-state index contributed by atoms with van der Waals surface area (Å²) in [4.78, 5) is 12.2. The first kappa shape index (κ1) is 22.0. The molecule has 1 aromatic heterocycles. The Labute approximate surface area is 184 Å². The molecule has 0 atom stereocenters. The number of carbonyl (C=O) groups excluding carboxylic acids is 1. The SMILES string of the molecule is CCn1c(COc2ccc(OC)cc2)nnc1SCC(=O)NCc1ccc(Cl)cc1. The van der Waals surface area contributed by atoms with Crippen molar-refractivity contribution in [1.29, 1.82) is 0 Å². The third kappa shape index (κ3) is 6.14. The van der Waals surface area contributed by atoms with Crippen molar-refractivity contribution in [3.8, 4) is 11.5 Å². The van der Waals surface area contributed by atoms with E-state index in [9.17, 15) is 4.79 Å². The van der Waals surface area contributed by atoms with E-state index in [-0.39, 0.29) is 18.3 Å². The summed E-state index contributed by atoms with van der Waals surface area (Å²) in [6.45, 7) is 3.43. The molecule has 0 bridgehead atoms. The van der Waals surface area contributed by atoms with Gasteiger partial charge in [-0.2, -0.15) is 0 Å². The van der Waals surface area contributed by atoms with Crippen LogP contribution >= 0.6 is 23.4 Å². The number of rotatable bonds is 10. The van der Waals surface area contributed by atoms with Crippen molar-refractivity contribution in [2.24, 2.45) is 0 Å². The number of nitrogens with one attached hydrogen (secondary N) is 1. The lowest BCUT2D eigenvalue weighted by atomic mass is 10.2. The number of thioether (sulfide) groups is 1. The molecule has 0 aliphatic heterocycles. The summed E-state index contributed by atoms with van der Waals surface area (Å²) in [6.07, 6.45) is 0. The molecule has 0 radical (unpaired) electrons. The Morgan fingerprint density at radius 2 is 1.80 bits per heavy atom. The number of hydrogen-bond acceptors (Lipinski definition) is 6. The zero-order valence-corrected chi connectivity index (χ0v) is 18.4. The van der Waals surface area contributed by atoms with Crippen molar-refractivity contribution in [2.75, 3.05) is 12.9 Å². The second-order valence-corrected chi connectivity index (χ2v) is 7.68.